The van der Waals surface area contributed by atoms with E-state index in [9.17, 15) is 0 Å². The molecule has 0 radical (unpaired) electrons. The molecule has 0 bridgehead atoms. The topological polar surface area (TPSA) is 9.23 Å². The van der Waals surface area contributed by atoms with E-state index in [0.29, 0.717) is 11.5 Å². The van der Waals surface area contributed by atoms with E-state index in [4.69, 9.17) is 16.3 Å². The second-order valence-electron chi connectivity index (χ2n) is 4.05. The van der Waals surface area contributed by atoms with Crippen molar-refractivity contribution >= 4 is 11.6 Å². The highest BCUT2D eigenvalue weighted by Crippen LogP contribution is 2.60. The summed E-state index contributed by atoms with van der Waals surface area (Å²) in [4.78, 5) is 0. The molecule has 0 aromatic carbocycles. The SMILES string of the molecule is CC1CC2(CCO1)CC2CCl. The number of hydrogen-bond donors (Lipinski definition) is 0. The summed E-state index contributed by atoms with van der Waals surface area (Å²) in [6.45, 7) is 3.12. The smallest absolute Gasteiger partial charge is 0.0552 e. The Kier molecular flexibility index (Phi) is 1.89. The van der Waals surface area contributed by atoms with Crippen LogP contribution in [0.2, 0.25) is 0 Å². The fourth-order valence-corrected chi connectivity index (χ4v) is 2.84. The second kappa shape index (κ2) is 2.63. The quantitative estimate of drug-likeness (QED) is 0.555. The summed E-state index contributed by atoms with van der Waals surface area (Å²) in [5.74, 6) is 1.66. The molecule has 2 heteroatoms. The third-order valence-electron chi connectivity index (χ3n) is 3.24. The molecule has 0 aromatic rings. The van der Waals surface area contributed by atoms with Gasteiger partial charge in [-0.2, -0.15) is 0 Å². The van der Waals surface area contributed by atoms with Crippen LogP contribution in [0.15, 0.2) is 0 Å². The largest absolute Gasteiger partial charge is 0.378 e. The van der Waals surface area contributed by atoms with Crippen molar-refractivity contribution in [2.75, 3.05) is 12.5 Å². The summed E-state index contributed by atoms with van der Waals surface area (Å²) in [6.07, 6.45) is 4.31. The predicted molar refractivity (Wildman–Crippen MR) is 45.9 cm³/mol. The fourth-order valence-electron chi connectivity index (χ4n) is 2.40. The first-order valence-electron chi connectivity index (χ1n) is 4.44. The van der Waals surface area contributed by atoms with Gasteiger partial charge in [-0.05, 0) is 37.5 Å². The summed E-state index contributed by atoms with van der Waals surface area (Å²) in [6, 6.07) is 0. The van der Waals surface area contributed by atoms with E-state index in [1.807, 2.05) is 0 Å². The summed E-state index contributed by atoms with van der Waals surface area (Å²) < 4.78 is 5.50. The van der Waals surface area contributed by atoms with Crippen LogP contribution in [-0.2, 0) is 4.74 Å². The number of halogens is 1. The van der Waals surface area contributed by atoms with E-state index in [1.165, 1.54) is 19.3 Å². The summed E-state index contributed by atoms with van der Waals surface area (Å²) in [7, 11) is 0. The van der Waals surface area contributed by atoms with Gasteiger partial charge in [0.1, 0.15) is 0 Å². The van der Waals surface area contributed by atoms with Crippen molar-refractivity contribution in [3.8, 4) is 0 Å². The van der Waals surface area contributed by atoms with Gasteiger partial charge in [0.05, 0.1) is 6.10 Å². The molecular formula is C9H15ClO. The summed E-state index contributed by atoms with van der Waals surface area (Å²) in [5, 5.41) is 0. The number of hydrogen-bond acceptors (Lipinski definition) is 1. The minimum Gasteiger partial charge on any atom is -0.378 e. The molecule has 1 aliphatic carbocycles. The highest BCUT2D eigenvalue weighted by Gasteiger charge is 2.54. The van der Waals surface area contributed by atoms with Crippen molar-refractivity contribution in [3.05, 3.63) is 0 Å². The Bertz CT molecular complexity index is 160. The minimum absolute atomic E-state index is 0.469. The molecule has 2 aliphatic rings. The van der Waals surface area contributed by atoms with Crippen molar-refractivity contribution in [1.82, 2.24) is 0 Å². The van der Waals surface area contributed by atoms with Crippen LogP contribution in [0.3, 0.4) is 0 Å². The molecule has 0 N–H and O–H groups in total. The zero-order valence-corrected chi connectivity index (χ0v) is 7.73. The molecule has 64 valence electrons. The van der Waals surface area contributed by atoms with Crippen molar-refractivity contribution < 1.29 is 4.74 Å². The highest BCUT2D eigenvalue weighted by molar-refractivity contribution is 6.18. The van der Waals surface area contributed by atoms with E-state index in [2.05, 4.69) is 6.92 Å². The maximum atomic E-state index is 5.83. The van der Waals surface area contributed by atoms with Gasteiger partial charge in [0.15, 0.2) is 0 Å². The molecule has 3 atom stereocenters. The van der Waals surface area contributed by atoms with Gasteiger partial charge < -0.3 is 4.74 Å². The molecule has 1 heterocycles. The van der Waals surface area contributed by atoms with Gasteiger partial charge in [0.2, 0.25) is 0 Å². The molecule has 1 spiro atoms. The first-order chi connectivity index (χ1) is 5.27. The Labute approximate surface area is 73.1 Å². The van der Waals surface area contributed by atoms with Gasteiger partial charge in [0, 0.05) is 12.5 Å². The Morgan fingerprint density at radius 3 is 2.91 bits per heavy atom. The highest BCUT2D eigenvalue weighted by atomic mass is 35.5. The molecular weight excluding hydrogens is 160 g/mol. The van der Waals surface area contributed by atoms with E-state index in [-0.39, 0.29) is 0 Å². The Hall–Kier alpha value is 0.250. The third kappa shape index (κ3) is 1.29. The molecule has 1 aliphatic heterocycles. The lowest BCUT2D eigenvalue weighted by Gasteiger charge is -2.28. The second-order valence-corrected chi connectivity index (χ2v) is 4.36. The maximum Gasteiger partial charge on any atom is 0.0552 e. The number of alkyl halides is 1. The van der Waals surface area contributed by atoms with Crippen LogP contribution in [0.1, 0.15) is 26.2 Å². The summed E-state index contributed by atoms with van der Waals surface area (Å²) in [5.41, 5.74) is 0.611. The molecule has 1 saturated heterocycles. The van der Waals surface area contributed by atoms with Gasteiger partial charge in [-0.25, -0.2) is 0 Å². The van der Waals surface area contributed by atoms with Crippen LogP contribution in [-0.4, -0.2) is 18.6 Å². The van der Waals surface area contributed by atoms with Crippen LogP contribution in [0.25, 0.3) is 0 Å². The standard InChI is InChI=1S/C9H15ClO/c1-7-4-9(2-3-11-7)5-8(9)6-10/h7-8H,2-6H2,1H3. The molecule has 11 heavy (non-hydrogen) atoms. The average molecular weight is 175 g/mol. The lowest BCUT2D eigenvalue weighted by molar-refractivity contribution is -0.00860. The lowest BCUT2D eigenvalue weighted by Crippen LogP contribution is -2.25. The van der Waals surface area contributed by atoms with Gasteiger partial charge >= 0.3 is 0 Å². The maximum absolute atomic E-state index is 5.83. The Morgan fingerprint density at radius 2 is 2.36 bits per heavy atom. The Morgan fingerprint density at radius 1 is 1.55 bits per heavy atom. The van der Waals surface area contributed by atoms with Crippen LogP contribution >= 0.6 is 11.6 Å². The lowest BCUT2D eigenvalue weighted by atomic mass is 9.91. The van der Waals surface area contributed by atoms with E-state index in [1.54, 1.807) is 0 Å². The minimum atomic E-state index is 0.469. The molecule has 1 saturated carbocycles. The van der Waals surface area contributed by atoms with Crippen LogP contribution < -0.4 is 0 Å². The zero-order chi connectivity index (χ0) is 7.90. The van der Waals surface area contributed by atoms with E-state index >= 15 is 0 Å². The van der Waals surface area contributed by atoms with E-state index in [0.717, 1.165) is 18.4 Å². The van der Waals surface area contributed by atoms with Gasteiger partial charge in [0.25, 0.3) is 0 Å². The van der Waals surface area contributed by atoms with E-state index < -0.39 is 0 Å². The monoisotopic (exact) mass is 174 g/mol. The predicted octanol–water partition coefficient (Wildman–Crippen LogP) is 2.43. The third-order valence-corrected chi connectivity index (χ3v) is 3.61. The van der Waals surface area contributed by atoms with Crippen LogP contribution in [0.4, 0.5) is 0 Å². The normalized spacial score (nSPS) is 49.6. The molecule has 3 unspecified atom stereocenters. The fraction of sp³-hybridized carbons (Fsp3) is 1.00. The van der Waals surface area contributed by atoms with Gasteiger partial charge in [-0.15, -0.1) is 11.6 Å². The molecule has 1 nitrogen and oxygen atoms in total. The van der Waals surface area contributed by atoms with Crippen molar-refractivity contribution in [2.45, 2.75) is 32.3 Å². The van der Waals surface area contributed by atoms with Crippen molar-refractivity contribution in [1.29, 1.82) is 0 Å². The average Bonchev–Trinajstić information content (AvgIpc) is 2.63. The molecule has 0 amide bonds. The Balaban J connectivity index is 1.95. The van der Waals surface area contributed by atoms with Crippen molar-refractivity contribution in [3.63, 3.8) is 0 Å². The molecule has 2 rings (SSSR count). The first kappa shape index (κ1) is 7.88. The molecule has 2 fully saturated rings. The summed E-state index contributed by atoms with van der Waals surface area (Å²) >= 11 is 5.83. The van der Waals surface area contributed by atoms with Crippen molar-refractivity contribution in [2.24, 2.45) is 11.3 Å². The number of rotatable bonds is 1. The first-order valence-corrected chi connectivity index (χ1v) is 4.98. The number of ether oxygens (including phenoxy) is 1. The van der Waals surface area contributed by atoms with Crippen LogP contribution in [0, 0.1) is 11.3 Å². The van der Waals surface area contributed by atoms with Crippen LogP contribution in [0.5, 0.6) is 0 Å². The molecule has 0 aromatic heterocycles. The van der Waals surface area contributed by atoms with Gasteiger partial charge in [-0.3, -0.25) is 0 Å². The van der Waals surface area contributed by atoms with Gasteiger partial charge in [-0.1, -0.05) is 0 Å². The zero-order valence-electron chi connectivity index (χ0n) is 6.98.